The Morgan fingerprint density at radius 3 is 2.88 bits per heavy atom. The second-order valence-corrected chi connectivity index (χ2v) is 8.25. The number of guanidine groups is 1. The van der Waals surface area contributed by atoms with Crippen LogP contribution in [-0.4, -0.2) is 43.1 Å². The van der Waals surface area contributed by atoms with Crippen molar-refractivity contribution in [1.29, 1.82) is 0 Å². The quantitative estimate of drug-likeness (QED) is 0.453. The first-order valence-electron chi connectivity index (χ1n) is 9.85. The second-order valence-electron chi connectivity index (χ2n) is 7.11. The van der Waals surface area contributed by atoms with Crippen LogP contribution < -0.4 is 15.5 Å². The van der Waals surface area contributed by atoms with Crippen molar-refractivity contribution >= 4 is 23.4 Å². The third-order valence-electron chi connectivity index (χ3n) is 5.16. The monoisotopic (exact) mass is 372 g/mol. The minimum Gasteiger partial charge on any atom is -0.364 e. The summed E-state index contributed by atoms with van der Waals surface area (Å²) in [5.74, 6) is 0.951. The van der Waals surface area contributed by atoms with Crippen LogP contribution in [0.25, 0.3) is 0 Å². The summed E-state index contributed by atoms with van der Waals surface area (Å²) in [5.41, 5.74) is 2.55. The number of hydrogen-bond acceptors (Lipinski definition) is 3. The lowest BCUT2D eigenvalue weighted by molar-refractivity contribution is 0.419. The van der Waals surface area contributed by atoms with Gasteiger partial charge in [-0.15, -0.1) is 0 Å². The fraction of sp³-hybridized carbons (Fsp3) is 0.571. The number of benzene rings is 1. The van der Waals surface area contributed by atoms with E-state index in [-0.39, 0.29) is 0 Å². The Hall–Kier alpha value is -1.62. The molecule has 3 rings (SSSR count). The van der Waals surface area contributed by atoms with Crippen LogP contribution in [-0.2, 0) is 6.54 Å². The van der Waals surface area contributed by atoms with Crippen LogP contribution in [0, 0.1) is 0 Å². The molecule has 1 aliphatic carbocycles. The lowest BCUT2D eigenvalue weighted by Gasteiger charge is -2.29. The van der Waals surface area contributed by atoms with Crippen molar-refractivity contribution in [1.82, 2.24) is 10.6 Å². The minimum absolute atomic E-state index is 0.543. The van der Waals surface area contributed by atoms with Gasteiger partial charge in [-0.2, -0.15) is 11.8 Å². The summed E-state index contributed by atoms with van der Waals surface area (Å²) >= 11 is 2.00. The first kappa shape index (κ1) is 19.2. The van der Waals surface area contributed by atoms with Gasteiger partial charge in [-0.1, -0.05) is 30.7 Å². The van der Waals surface area contributed by atoms with E-state index in [1.165, 1.54) is 36.9 Å². The Morgan fingerprint density at radius 1 is 1.27 bits per heavy atom. The Balaban J connectivity index is 1.60. The predicted molar refractivity (Wildman–Crippen MR) is 115 cm³/mol. The zero-order valence-corrected chi connectivity index (χ0v) is 16.9. The Labute approximate surface area is 162 Å². The second kappa shape index (κ2) is 9.91. The summed E-state index contributed by atoms with van der Waals surface area (Å²) in [4.78, 5) is 7.23. The van der Waals surface area contributed by atoms with Crippen molar-refractivity contribution in [2.45, 2.75) is 50.4 Å². The highest BCUT2D eigenvalue weighted by Crippen LogP contribution is 2.26. The van der Waals surface area contributed by atoms with Crippen LogP contribution in [0.2, 0.25) is 0 Å². The SMILES string of the molecule is CCNC(=NCc1cccc(N2CC=CC2)c1)NC1CCCC(SC)C1. The summed E-state index contributed by atoms with van der Waals surface area (Å²) in [6.07, 6.45) is 11.8. The normalized spacial score (nSPS) is 23.3. The molecule has 2 atom stereocenters. The topological polar surface area (TPSA) is 39.7 Å². The van der Waals surface area contributed by atoms with E-state index >= 15 is 0 Å². The Kier molecular flexibility index (Phi) is 7.30. The molecule has 26 heavy (non-hydrogen) atoms. The van der Waals surface area contributed by atoms with Gasteiger partial charge in [-0.25, -0.2) is 4.99 Å². The van der Waals surface area contributed by atoms with Gasteiger partial charge < -0.3 is 15.5 Å². The Morgan fingerprint density at radius 2 is 2.12 bits per heavy atom. The largest absolute Gasteiger partial charge is 0.364 e. The molecule has 0 bridgehead atoms. The molecule has 1 heterocycles. The van der Waals surface area contributed by atoms with Crippen LogP contribution in [0.1, 0.15) is 38.2 Å². The van der Waals surface area contributed by atoms with Gasteiger partial charge in [0.15, 0.2) is 5.96 Å². The highest BCUT2D eigenvalue weighted by atomic mass is 32.2. The number of hydrogen-bond donors (Lipinski definition) is 2. The van der Waals surface area contributed by atoms with Crippen molar-refractivity contribution in [3.63, 3.8) is 0 Å². The van der Waals surface area contributed by atoms with Crippen molar-refractivity contribution < 1.29 is 0 Å². The zero-order valence-electron chi connectivity index (χ0n) is 16.1. The van der Waals surface area contributed by atoms with Gasteiger partial charge in [-0.3, -0.25) is 0 Å². The van der Waals surface area contributed by atoms with E-state index in [2.05, 4.69) is 65.1 Å². The summed E-state index contributed by atoms with van der Waals surface area (Å²) in [5, 5.41) is 7.87. The van der Waals surface area contributed by atoms with E-state index in [9.17, 15) is 0 Å². The van der Waals surface area contributed by atoms with E-state index in [1.54, 1.807) is 0 Å². The minimum atomic E-state index is 0.543. The van der Waals surface area contributed by atoms with Crippen LogP contribution >= 0.6 is 11.8 Å². The fourth-order valence-electron chi connectivity index (χ4n) is 3.71. The van der Waals surface area contributed by atoms with Gasteiger partial charge in [0.25, 0.3) is 0 Å². The van der Waals surface area contributed by atoms with Crippen LogP contribution in [0.5, 0.6) is 0 Å². The van der Waals surface area contributed by atoms with Crippen LogP contribution in [0.4, 0.5) is 5.69 Å². The van der Waals surface area contributed by atoms with E-state index in [0.717, 1.165) is 30.8 Å². The van der Waals surface area contributed by atoms with Gasteiger partial charge in [0.2, 0.25) is 0 Å². The fourth-order valence-corrected chi connectivity index (χ4v) is 4.54. The van der Waals surface area contributed by atoms with Crippen molar-refractivity contribution in [3.8, 4) is 0 Å². The van der Waals surface area contributed by atoms with Gasteiger partial charge in [0, 0.05) is 36.6 Å². The average Bonchev–Trinajstić information content (AvgIpc) is 3.22. The lowest BCUT2D eigenvalue weighted by Crippen LogP contribution is -2.45. The van der Waals surface area contributed by atoms with E-state index in [1.807, 2.05) is 11.8 Å². The van der Waals surface area contributed by atoms with Crippen LogP contribution in [0.3, 0.4) is 0 Å². The molecule has 0 aromatic heterocycles. The Bertz CT molecular complexity index is 620. The maximum Gasteiger partial charge on any atom is 0.191 e. The summed E-state index contributed by atoms with van der Waals surface area (Å²) < 4.78 is 0. The van der Waals surface area contributed by atoms with Gasteiger partial charge in [-0.05, 0) is 50.1 Å². The summed E-state index contributed by atoms with van der Waals surface area (Å²) in [7, 11) is 0. The highest BCUT2D eigenvalue weighted by Gasteiger charge is 2.21. The standard InChI is InChI=1S/C21H32N4S/c1-3-22-21(24-18-9-7-11-20(15-18)26-2)23-16-17-8-6-10-19(14-17)25-12-4-5-13-25/h4-6,8,10,14,18,20H,3,7,9,11-13,15-16H2,1-2H3,(H2,22,23,24). The number of nitrogens with one attached hydrogen (secondary N) is 2. The number of anilines is 1. The molecule has 2 aliphatic rings. The molecule has 1 aromatic carbocycles. The molecule has 2 N–H and O–H groups in total. The molecule has 0 radical (unpaired) electrons. The number of nitrogens with zero attached hydrogens (tertiary/aromatic N) is 2. The van der Waals surface area contributed by atoms with Crippen molar-refractivity contribution in [2.75, 3.05) is 30.8 Å². The molecule has 0 spiro atoms. The zero-order chi connectivity index (χ0) is 18.2. The highest BCUT2D eigenvalue weighted by molar-refractivity contribution is 7.99. The maximum absolute atomic E-state index is 4.85. The molecule has 4 nitrogen and oxygen atoms in total. The van der Waals surface area contributed by atoms with Crippen molar-refractivity contribution in [2.24, 2.45) is 4.99 Å². The maximum atomic E-state index is 4.85. The van der Waals surface area contributed by atoms with Gasteiger partial charge >= 0.3 is 0 Å². The van der Waals surface area contributed by atoms with Crippen molar-refractivity contribution in [3.05, 3.63) is 42.0 Å². The number of thioether (sulfide) groups is 1. The average molecular weight is 373 g/mol. The molecule has 1 aliphatic heterocycles. The molecule has 0 amide bonds. The molecule has 0 saturated heterocycles. The third kappa shape index (κ3) is 5.44. The van der Waals surface area contributed by atoms with Gasteiger partial charge in [0.05, 0.1) is 6.54 Å². The molecule has 1 fully saturated rings. The smallest absolute Gasteiger partial charge is 0.191 e. The van der Waals surface area contributed by atoms with Crippen LogP contribution in [0.15, 0.2) is 41.4 Å². The molecular formula is C21H32N4S. The van der Waals surface area contributed by atoms with Gasteiger partial charge in [0.1, 0.15) is 0 Å². The first-order chi connectivity index (χ1) is 12.8. The lowest BCUT2D eigenvalue weighted by atomic mass is 9.95. The summed E-state index contributed by atoms with van der Waals surface area (Å²) in [6, 6.07) is 9.31. The first-order valence-corrected chi connectivity index (χ1v) is 11.1. The molecule has 1 saturated carbocycles. The molecule has 142 valence electrons. The molecular weight excluding hydrogens is 340 g/mol. The van der Waals surface area contributed by atoms with E-state index in [4.69, 9.17) is 4.99 Å². The van der Waals surface area contributed by atoms with E-state index < -0.39 is 0 Å². The number of aliphatic imine (C=N–C) groups is 1. The summed E-state index contributed by atoms with van der Waals surface area (Å²) in [6.45, 7) is 5.75. The molecule has 5 heteroatoms. The third-order valence-corrected chi connectivity index (χ3v) is 6.25. The molecule has 2 unspecified atom stereocenters. The predicted octanol–water partition coefficient (Wildman–Crippen LogP) is 3.79. The van der Waals surface area contributed by atoms with E-state index in [0.29, 0.717) is 12.6 Å². The molecule has 1 aromatic rings. The number of rotatable bonds is 6.